The highest BCUT2D eigenvalue weighted by atomic mass is 79.9. The van der Waals surface area contributed by atoms with Crippen molar-refractivity contribution in [3.8, 4) is 28.7 Å². The third kappa shape index (κ3) is 23.1. The molecule has 5 fully saturated rings. The van der Waals surface area contributed by atoms with Crippen LogP contribution in [0.1, 0.15) is 225 Å². The molecule has 0 spiro atoms. The summed E-state index contributed by atoms with van der Waals surface area (Å²) in [7, 11) is 0. The quantitative estimate of drug-likeness (QED) is 0.0374. The predicted octanol–water partition coefficient (Wildman–Crippen LogP) is 16.3. The number of hydrogen-bond donors (Lipinski definition) is 1. The van der Waals surface area contributed by atoms with Crippen LogP contribution in [-0.4, -0.2) is 153 Å². The first-order chi connectivity index (χ1) is 68.6. The Kier molecular flexibility index (Phi) is 30.8. The number of aryl methyl sites for hydroxylation is 1. The average Bonchev–Trinajstić information content (AvgIpc) is 1.59. The van der Waals surface area contributed by atoms with Crippen molar-refractivity contribution in [1.29, 1.82) is 0 Å². The van der Waals surface area contributed by atoms with Crippen LogP contribution in [0.3, 0.4) is 0 Å². The second kappa shape index (κ2) is 43.8. The number of alkyl halides is 3. The van der Waals surface area contributed by atoms with E-state index in [2.05, 4.69) is 15.9 Å². The molecule has 6 amide bonds. The van der Waals surface area contributed by atoms with E-state index < -0.39 is 52.8 Å². The van der Waals surface area contributed by atoms with Gasteiger partial charge < -0.3 is 53.9 Å². The van der Waals surface area contributed by atoms with E-state index in [1.165, 1.54) is 34.1 Å². The Morgan fingerprint density at radius 2 is 0.636 bits per heavy atom. The van der Waals surface area contributed by atoms with E-state index in [0.29, 0.717) is 173 Å². The number of carbonyl (C=O) groups excluding carboxylic acids is 16. The number of hydrogen-bond acceptors (Lipinski definition) is 23. The predicted molar refractivity (Wildman–Crippen MR) is 511 cm³/mol. The number of nitro benzene ring substituents is 1. The van der Waals surface area contributed by atoms with Crippen LogP contribution in [0.25, 0.3) is 0 Å². The molecule has 30 nitrogen and oxygen atoms in total. The molecule has 5 aliphatic carbocycles. The summed E-state index contributed by atoms with van der Waals surface area (Å²) in [5, 5.41) is 11.6. The molecule has 0 saturated heterocycles. The van der Waals surface area contributed by atoms with Gasteiger partial charge in [0, 0.05) is 115 Å². The van der Waals surface area contributed by atoms with Crippen LogP contribution in [0.4, 0.5) is 18.9 Å². The molecular formula is C108H94BrClF3N7O23. The Morgan fingerprint density at radius 1 is 0.371 bits per heavy atom. The fourth-order valence-electron chi connectivity index (χ4n) is 19.1. The Morgan fingerprint density at radius 3 is 0.909 bits per heavy atom. The van der Waals surface area contributed by atoms with Crippen LogP contribution in [0.2, 0.25) is 5.02 Å². The van der Waals surface area contributed by atoms with Gasteiger partial charge in [0.25, 0.3) is 35.2 Å². The van der Waals surface area contributed by atoms with Crippen molar-refractivity contribution in [2.75, 3.05) is 0 Å². The van der Waals surface area contributed by atoms with Crippen molar-refractivity contribution >= 4 is 126 Å². The van der Waals surface area contributed by atoms with E-state index in [0.717, 1.165) is 55.5 Å². The molecule has 5 saturated carbocycles. The van der Waals surface area contributed by atoms with Gasteiger partial charge in [0.15, 0.2) is 28.9 Å². The van der Waals surface area contributed by atoms with E-state index in [-0.39, 0.29) is 171 Å². The summed E-state index contributed by atoms with van der Waals surface area (Å²) in [6, 6.07) is 54.6. The molecule has 10 aromatic rings. The summed E-state index contributed by atoms with van der Waals surface area (Å²) >= 11 is 9.51. The first kappa shape index (κ1) is 101. The van der Waals surface area contributed by atoms with Crippen molar-refractivity contribution in [1.82, 2.24) is 24.5 Å². The number of nitrogens with two attached hydrogens (primary N) is 1. The number of nitrogens with zero attached hydrogens (tertiary/aromatic N) is 6. The number of ketones is 10. The number of nitro groups is 1. The van der Waals surface area contributed by atoms with Crippen molar-refractivity contribution in [2.24, 2.45) is 5.73 Å². The van der Waals surface area contributed by atoms with Gasteiger partial charge in [-0.3, -0.25) is 86.8 Å². The number of primary amides is 1. The zero-order valence-electron chi connectivity index (χ0n) is 77.2. The molecule has 5 atom stereocenters. The number of amides is 6. The van der Waals surface area contributed by atoms with E-state index in [9.17, 15) is 100.0 Å². The van der Waals surface area contributed by atoms with Crippen molar-refractivity contribution < 1.29 is 118 Å². The number of ether oxygens (including phenoxy) is 5. The lowest BCUT2D eigenvalue weighted by atomic mass is 9.92. The number of Topliss-reactive ketones (excluding diaryl/α,β-unsaturated/α-hetero) is 10. The fraction of sp³-hybridized carbons (Fsp3) is 0.296. The fourth-order valence-corrected chi connectivity index (χ4v) is 19.6. The number of carbonyl (C=O) groups is 16. The molecule has 10 aliphatic rings. The lowest BCUT2D eigenvalue weighted by Crippen LogP contribution is -2.44. The van der Waals surface area contributed by atoms with Gasteiger partial charge in [-0.25, -0.2) is 0 Å². The Balaban J connectivity index is 0.000000128. The SMILES string of the molecule is Cc1cc(COc2cccc3c2CN(C2CCC(=O)CC2=O)C3=O)ccc1Cl.NC(=O)c1ccc(COc2cccc3c2CN(C2CCC(=O)CC2=O)C3=O)cc1.O=C1CCC(N2Cc3c(OCc4ccc(C(F)(F)F)cc4)cccc3C2=O)C(=O)C1.O=C1CCC(N2Cc3c(OCc4cccc(Br)c4)cccc3C2=O)C(=O)C1.O=C1CCC(N2Cc3c(OCc4cccc([N+](=O)[O-])c4)cccc3C2=O)C(=O)C1. The Labute approximate surface area is 830 Å². The summed E-state index contributed by atoms with van der Waals surface area (Å²) in [6.45, 7) is 4.50. The molecule has 0 bridgehead atoms. The van der Waals surface area contributed by atoms with Gasteiger partial charge in [0.2, 0.25) is 5.91 Å². The number of halogens is 5. The van der Waals surface area contributed by atoms with Gasteiger partial charge in [0.1, 0.15) is 90.7 Å². The van der Waals surface area contributed by atoms with Crippen LogP contribution in [0.15, 0.2) is 211 Å². The molecule has 5 heterocycles. The zero-order chi connectivity index (χ0) is 101. The topological polar surface area (TPSA) is 405 Å². The van der Waals surface area contributed by atoms with Crippen molar-refractivity contribution in [2.45, 2.75) is 205 Å². The highest BCUT2D eigenvalue weighted by molar-refractivity contribution is 9.10. The maximum atomic E-state index is 12.9. The third-order valence-electron chi connectivity index (χ3n) is 26.6. The van der Waals surface area contributed by atoms with Crippen LogP contribution in [-0.2, 0) is 120 Å². The maximum Gasteiger partial charge on any atom is 0.416 e. The summed E-state index contributed by atoms with van der Waals surface area (Å²) in [6.07, 6.45) is -1.49. The highest BCUT2D eigenvalue weighted by Gasteiger charge is 2.47. The molecule has 10 aromatic carbocycles. The van der Waals surface area contributed by atoms with Crippen molar-refractivity contribution in [3.63, 3.8) is 0 Å². The van der Waals surface area contributed by atoms with Gasteiger partial charge in [0.05, 0.1) is 106 Å². The largest absolute Gasteiger partial charge is 0.489 e. The van der Waals surface area contributed by atoms with Crippen LogP contribution in [0, 0.1) is 17.0 Å². The minimum absolute atomic E-state index is 0.0175. The lowest BCUT2D eigenvalue weighted by molar-refractivity contribution is -0.385. The molecule has 734 valence electrons. The maximum absolute atomic E-state index is 12.9. The summed E-state index contributed by atoms with van der Waals surface area (Å²) in [4.78, 5) is 212. The van der Waals surface area contributed by atoms with E-state index in [1.807, 2.05) is 61.5 Å². The number of benzene rings is 10. The standard InChI is InChI=1S/C22H20ClNO4.C22H18F3NO4.C22H20N2O5.C21H18BrNO4.C21H18N2O6/c1-13-9-14(5-7-18(13)23)12-28-21-4-2-3-16-17(21)11-24(22(16)27)19-8-6-15(25)10-20(19)26;23-22(24,25)14-6-4-13(5-7-14)12-30-20-3-1-2-16-17(20)11-26(21(16)29)18-9-8-15(27)10-19(18)28;23-21(27)14-6-4-13(5-7-14)12-29-20-3-1-2-16-17(20)11-24(22(16)28)18-9-8-15(25)10-19(18)26;22-14-4-1-3-13(9-14)12-27-20-6-2-5-16-17(20)11-23(21(16)26)18-8-7-15(24)10-19(18)25;24-15-7-8-18(19(25)10-15)22-11-17-16(21(22)26)5-2-6-20(17)29-12-13-3-1-4-14(9-13)23(27)28/h2-5,7,9,19H,6,8,10-12H2,1H3;1-7,18H,8-12H2;1-7,18H,8-12H2,(H2,23,27);1-6,9,18H,7-8,10-12H2;1-6,9,18H,7-8,10-12H2. The lowest BCUT2D eigenvalue weighted by Gasteiger charge is -2.29. The molecule has 35 heteroatoms. The van der Waals surface area contributed by atoms with Crippen LogP contribution < -0.4 is 29.4 Å². The van der Waals surface area contributed by atoms with Gasteiger partial charge in [-0.05, 0) is 176 Å². The molecule has 5 aliphatic heterocycles. The van der Waals surface area contributed by atoms with Crippen molar-refractivity contribution in [3.05, 3.63) is 326 Å². The average molecular weight is 2030 g/mol. The summed E-state index contributed by atoms with van der Waals surface area (Å²) in [5.74, 6) is -0.0788. The third-order valence-corrected chi connectivity index (χ3v) is 27.5. The van der Waals surface area contributed by atoms with Gasteiger partial charge in [-0.1, -0.05) is 119 Å². The second-order valence-electron chi connectivity index (χ2n) is 36.1. The molecule has 5 unspecified atom stereocenters. The number of non-ortho nitro benzene ring substituents is 1. The molecule has 2 N–H and O–H groups in total. The number of fused-ring (bicyclic) bond motifs is 5. The van der Waals surface area contributed by atoms with Gasteiger partial charge in [-0.2, -0.15) is 13.2 Å². The molecule has 143 heavy (non-hydrogen) atoms. The Bertz CT molecular complexity index is 6870. The van der Waals surface area contributed by atoms with E-state index in [4.69, 9.17) is 41.0 Å². The number of rotatable bonds is 22. The molecule has 0 aromatic heterocycles. The van der Waals surface area contributed by atoms with E-state index in [1.54, 1.807) is 130 Å². The monoisotopic (exact) mass is 2030 g/mol. The molecule has 0 radical (unpaired) electrons. The first-order valence-corrected chi connectivity index (χ1v) is 47.5. The Hall–Kier alpha value is -15.3. The van der Waals surface area contributed by atoms with Gasteiger partial charge in [-0.15, -0.1) is 0 Å². The second-order valence-corrected chi connectivity index (χ2v) is 37.4. The van der Waals surface area contributed by atoms with E-state index >= 15 is 0 Å². The highest BCUT2D eigenvalue weighted by Crippen LogP contribution is 2.43. The summed E-state index contributed by atoms with van der Waals surface area (Å²) in [5.41, 5.74) is 16.2. The first-order valence-electron chi connectivity index (χ1n) is 46.4. The van der Waals surface area contributed by atoms with Crippen LogP contribution >= 0.6 is 27.5 Å². The summed E-state index contributed by atoms with van der Waals surface area (Å²) < 4.78 is 68.6. The normalized spacial score (nSPS) is 19.0. The minimum Gasteiger partial charge on any atom is -0.489 e. The molecule has 20 rings (SSSR count). The minimum atomic E-state index is -4.40. The zero-order valence-corrected chi connectivity index (χ0v) is 79.6. The van der Waals surface area contributed by atoms with Gasteiger partial charge >= 0.3 is 6.18 Å². The smallest absolute Gasteiger partial charge is 0.416 e. The molecular weight excluding hydrogens is 1940 g/mol. The van der Waals surface area contributed by atoms with Crippen LogP contribution in [0.5, 0.6) is 28.7 Å².